The predicted molar refractivity (Wildman–Crippen MR) is 126 cm³/mol. The molecule has 0 aliphatic carbocycles. The molecule has 174 valence electrons. The molecule has 4 rings (SSSR count). The van der Waals surface area contributed by atoms with Crippen LogP contribution in [0, 0.1) is 0 Å². The van der Waals surface area contributed by atoms with Crippen LogP contribution in [0.3, 0.4) is 0 Å². The molecule has 3 aromatic rings. The smallest absolute Gasteiger partial charge is 0.275 e. The maximum absolute atomic E-state index is 13.0. The molecule has 0 saturated carbocycles. The van der Waals surface area contributed by atoms with Gasteiger partial charge in [0.1, 0.15) is 6.54 Å². The average Bonchev–Trinajstić information content (AvgIpc) is 2.85. The van der Waals surface area contributed by atoms with Gasteiger partial charge in [0.2, 0.25) is 15.9 Å². The molecule has 1 aromatic heterocycles. The highest BCUT2D eigenvalue weighted by atomic mass is 32.2. The summed E-state index contributed by atoms with van der Waals surface area (Å²) in [6, 6.07) is 14.2. The lowest BCUT2D eigenvalue weighted by Crippen LogP contribution is -2.51. The number of sulfonamides is 1. The highest BCUT2D eigenvalue weighted by Gasteiger charge is 2.30. The van der Waals surface area contributed by atoms with Gasteiger partial charge in [-0.15, -0.1) is 0 Å². The fourth-order valence-electron chi connectivity index (χ4n) is 4.00. The minimum absolute atomic E-state index is 0.173. The van der Waals surface area contributed by atoms with Crippen LogP contribution in [0.4, 0.5) is 0 Å². The van der Waals surface area contributed by atoms with Crippen molar-refractivity contribution in [1.82, 2.24) is 19.0 Å². The van der Waals surface area contributed by atoms with Gasteiger partial charge in [-0.25, -0.2) is 13.1 Å². The normalized spacial score (nSPS) is 16.1. The summed E-state index contributed by atoms with van der Waals surface area (Å²) in [6.45, 7) is 5.00. The van der Waals surface area contributed by atoms with E-state index < -0.39 is 10.0 Å². The SMILES string of the molecule is CC[C@@H](C)c1ccc(S(=O)(=O)N2CCN(C(=O)Cn3ncc4ccccc4c3=O)CC2)cc1. The van der Waals surface area contributed by atoms with E-state index in [0.29, 0.717) is 11.3 Å². The van der Waals surface area contributed by atoms with Crippen LogP contribution in [0.25, 0.3) is 10.8 Å². The zero-order valence-corrected chi connectivity index (χ0v) is 19.7. The van der Waals surface area contributed by atoms with Gasteiger partial charge in [0, 0.05) is 31.6 Å². The number of amides is 1. The van der Waals surface area contributed by atoms with Crippen molar-refractivity contribution in [3.8, 4) is 0 Å². The van der Waals surface area contributed by atoms with Gasteiger partial charge in [0.15, 0.2) is 0 Å². The molecule has 8 nitrogen and oxygen atoms in total. The molecule has 1 aliphatic heterocycles. The molecule has 2 heterocycles. The molecular formula is C24H28N4O4S. The summed E-state index contributed by atoms with van der Waals surface area (Å²) in [4.78, 5) is 27.2. The molecular weight excluding hydrogens is 440 g/mol. The third-order valence-electron chi connectivity index (χ3n) is 6.34. The largest absolute Gasteiger partial charge is 0.338 e. The first kappa shape index (κ1) is 23.1. The molecule has 1 aliphatic rings. The number of benzene rings is 2. The standard InChI is InChI=1S/C24H28N4O4S/c1-3-18(2)19-8-10-21(11-9-19)33(31,32)27-14-12-26(13-15-27)23(29)17-28-24(30)22-7-5-4-6-20(22)16-25-28/h4-11,16,18H,3,12-15,17H2,1-2H3/t18-/m1/s1. The van der Waals surface area contributed by atoms with Gasteiger partial charge >= 0.3 is 0 Å². The molecule has 9 heteroatoms. The molecule has 0 bridgehead atoms. The van der Waals surface area contributed by atoms with Crippen LogP contribution in [0.1, 0.15) is 31.7 Å². The van der Waals surface area contributed by atoms with Crippen molar-refractivity contribution in [3.63, 3.8) is 0 Å². The number of fused-ring (bicyclic) bond motifs is 1. The van der Waals surface area contributed by atoms with Crippen LogP contribution in [-0.4, -0.2) is 59.5 Å². The van der Waals surface area contributed by atoms with E-state index in [1.54, 1.807) is 41.4 Å². The Morgan fingerprint density at radius 1 is 1.03 bits per heavy atom. The van der Waals surface area contributed by atoms with Crippen LogP contribution >= 0.6 is 0 Å². The second kappa shape index (κ2) is 9.44. The number of carbonyl (C=O) groups is 1. The summed E-state index contributed by atoms with van der Waals surface area (Å²) in [5.41, 5.74) is 0.799. The molecule has 0 radical (unpaired) electrons. The van der Waals surface area contributed by atoms with Gasteiger partial charge in [-0.05, 0) is 36.1 Å². The summed E-state index contributed by atoms with van der Waals surface area (Å²) < 4.78 is 28.7. The van der Waals surface area contributed by atoms with Gasteiger partial charge < -0.3 is 4.90 Å². The Labute approximate surface area is 193 Å². The Morgan fingerprint density at radius 2 is 1.70 bits per heavy atom. The third-order valence-corrected chi connectivity index (χ3v) is 8.25. The molecule has 2 aromatic carbocycles. The summed E-state index contributed by atoms with van der Waals surface area (Å²) in [5, 5.41) is 5.35. The minimum atomic E-state index is -3.62. The van der Waals surface area contributed by atoms with Crippen molar-refractivity contribution < 1.29 is 13.2 Å². The van der Waals surface area contributed by atoms with E-state index in [1.165, 1.54) is 4.31 Å². The Bertz CT molecular complexity index is 1310. The van der Waals surface area contributed by atoms with Crippen molar-refractivity contribution in [2.24, 2.45) is 0 Å². The van der Waals surface area contributed by atoms with Crippen molar-refractivity contribution in [2.75, 3.05) is 26.2 Å². The second-order valence-corrected chi connectivity index (χ2v) is 10.3. The Kier molecular flexibility index (Phi) is 6.62. The molecule has 0 unspecified atom stereocenters. The summed E-state index contributed by atoms with van der Waals surface area (Å²) in [6.07, 6.45) is 2.56. The maximum atomic E-state index is 13.0. The monoisotopic (exact) mass is 468 g/mol. The summed E-state index contributed by atoms with van der Waals surface area (Å²) in [7, 11) is -3.62. The summed E-state index contributed by atoms with van der Waals surface area (Å²) in [5.74, 6) is 0.121. The van der Waals surface area contributed by atoms with Crippen LogP contribution in [0.2, 0.25) is 0 Å². The minimum Gasteiger partial charge on any atom is -0.338 e. The van der Waals surface area contributed by atoms with Gasteiger partial charge in [-0.1, -0.05) is 44.2 Å². The van der Waals surface area contributed by atoms with Crippen LogP contribution < -0.4 is 5.56 Å². The van der Waals surface area contributed by atoms with Crippen molar-refractivity contribution >= 4 is 26.7 Å². The molecule has 1 amide bonds. The average molecular weight is 469 g/mol. The molecule has 1 atom stereocenters. The maximum Gasteiger partial charge on any atom is 0.275 e. The predicted octanol–water partition coefficient (Wildman–Crippen LogP) is 2.44. The molecule has 0 spiro atoms. The Morgan fingerprint density at radius 3 is 2.36 bits per heavy atom. The van der Waals surface area contributed by atoms with E-state index in [2.05, 4.69) is 18.9 Å². The van der Waals surface area contributed by atoms with E-state index in [-0.39, 0.29) is 49.1 Å². The number of piperazine rings is 1. The van der Waals surface area contributed by atoms with Crippen LogP contribution in [0.15, 0.2) is 64.4 Å². The number of hydrogen-bond donors (Lipinski definition) is 0. The molecule has 0 N–H and O–H groups in total. The first-order valence-electron chi connectivity index (χ1n) is 11.1. The quantitative estimate of drug-likeness (QED) is 0.554. The number of rotatable bonds is 6. The summed E-state index contributed by atoms with van der Waals surface area (Å²) >= 11 is 0. The van der Waals surface area contributed by atoms with Gasteiger partial charge in [-0.3, -0.25) is 9.59 Å². The zero-order chi connectivity index (χ0) is 23.6. The van der Waals surface area contributed by atoms with Crippen LogP contribution in [-0.2, 0) is 21.4 Å². The van der Waals surface area contributed by atoms with Gasteiger partial charge in [0.25, 0.3) is 5.56 Å². The van der Waals surface area contributed by atoms with E-state index in [1.807, 2.05) is 18.2 Å². The van der Waals surface area contributed by atoms with Crippen LogP contribution in [0.5, 0.6) is 0 Å². The van der Waals surface area contributed by atoms with E-state index >= 15 is 0 Å². The molecule has 1 saturated heterocycles. The number of hydrogen-bond acceptors (Lipinski definition) is 5. The van der Waals surface area contributed by atoms with E-state index in [4.69, 9.17) is 0 Å². The lowest BCUT2D eigenvalue weighted by atomic mass is 9.99. The van der Waals surface area contributed by atoms with Crippen molar-refractivity contribution in [3.05, 3.63) is 70.6 Å². The topological polar surface area (TPSA) is 92.6 Å². The first-order valence-corrected chi connectivity index (χ1v) is 12.6. The molecule has 1 fully saturated rings. The first-order chi connectivity index (χ1) is 15.8. The van der Waals surface area contributed by atoms with Gasteiger partial charge in [-0.2, -0.15) is 9.40 Å². The fourth-order valence-corrected chi connectivity index (χ4v) is 5.42. The Hall–Kier alpha value is -3.04. The number of carbonyl (C=O) groups excluding carboxylic acids is 1. The highest BCUT2D eigenvalue weighted by Crippen LogP contribution is 2.23. The molecule has 33 heavy (non-hydrogen) atoms. The Balaban J connectivity index is 1.40. The fraction of sp³-hybridized carbons (Fsp3) is 0.375. The second-order valence-electron chi connectivity index (χ2n) is 8.36. The number of nitrogens with zero attached hydrogens (tertiary/aromatic N) is 4. The van der Waals surface area contributed by atoms with Crippen molar-refractivity contribution in [2.45, 2.75) is 37.6 Å². The number of aromatic nitrogens is 2. The van der Waals surface area contributed by atoms with Gasteiger partial charge in [0.05, 0.1) is 16.5 Å². The lowest BCUT2D eigenvalue weighted by molar-refractivity contribution is -0.133. The zero-order valence-electron chi connectivity index (χ0n) is 18.8. The highest BCUT2D eigenvalue weighted by molar-refractivity contribution is 7.89. The van der Waals surface area contributed by atoms with E-state index in [0.717, 1.165) is 22.1 Å². The third kappa shape index (κ3) is 4.69. The lowest BCUT2D eigenvalue weighted by Gasteiger charge is -2.34. The van der Waals surface area contributed by atoms with Crippen molar-refractivity contribution in [1.29, 1.82) is 0 Å². The van der Waals surface area contributed by atoms with E-state index in [9.17, 15) is 18.0 Å².